The zero-order valence-electron chi connectivity index (χ0n) is 16.6. The number of nitrogens with two attached hydrogens (primary N) is 2. The molecule has 154 valence electrons. The molecule has 4 aromatic heterocycles. The van der Waals surface area contributed by atoms with Crippen LogP contribution in [0.1, 0.15) is 24.8 Å². The molecule has 1 atom stereocenters. The van der Waals surface area contributed by atoms with Gasteiger partial charge in [0.2, 0.25) is 10.2 Å². The summed E-state index contributed by atoms with van der Waals surface area (Å²) in [6.07, 6.45) is 8.34. The average molecular weight is 440 g/mol. The SMILES string of the molecule is Cc1cn(C)nc1-c1cc(-c2cnc(N)nc2)nc2sc([S+]([O-])C3CCC3)c(N)c12. The van der Waals surface area contributed by atoms with E-state index in [2.05, 4.69) is 15.1 Å². The molecule has 0 aromatic carbocycles. The molecule has 0 amide bonds. The first-order valence-corrected chi connectivity index (χ1v) is 11.7. The van der Waals surface area contributed by atoms with E-state index < -0.39 is 11.2 Å². The average Bonchev–Trinajstić information content (AvgIpc) is 3.19. The lowest BCUT2D eigenvalue weighted by atomic mass is 10.00. The van der Waals surface area contributed by atoms with Gasteiger partial charge in [-0.3, -0.25) is 4.68 Å². The van der Waals surface area contributed by atoms with Crippen LogP contribution in [-0.4, -0.2) is 34.5 Å². The molecule has 0 bridgehead atoms. The Morgan fingerprint density at radius 3 is 2.57 bits per heavy atom. The summed E-state index contributed by atoms with van der Waals surface area (Å²) in [6.45, 7) is 2.01. The number of nitrogen functional groups attached to an aromatic ring is 2. The van der Waals surface area contributed by atoms with Crippen LogP contribution in [0.3, 0.4) is 0 Å². The number of hydrogen-bond donors (Lipinski definition) is 2. The molecule has 0 saturated heterocycles. The van der Waals surface area contributed by atoms with Gasteiger partial charge in [-0.05, 0) is 37.8 Å². The summed E-state index contributed by atoms with van der Waals surface area (Å²) in [5.74, 6) is 0.208. The van der Waals surface area contributed by atoms with E-state index in [1.807, 2.05) is 26.2 Å². The van der Waals surface area contributed by atoms with Crippen LogP contribution in [0, 0.1) is 6.92 Å². The third kappa shape index (κ3) is 3.11. The zero-order chi connectivity index (χ0) is 21.0. The fourth-order valence-electron chi connectivity index (χ4n) is 3.66. The number of anilines is 2. The molecule has 0 spiro atoms. The molecule has 4 aromatic rings. The first-order valence-electron chi connectivity index (χ1n) is 9.64. The molecule has 1 saturated carbocycles. The van der Waals surface area contributed by atoms with Gasteiger partial charge in [-0.25, -0.2) is 15.0 Å². The van der Waals surface area contributed by atoms with Crippen LogP contribution in [0.25, 0.3) is 32.7 Å². The standard InChI is InChI=1S/C20H21N7OS2/c1-10-9-27(2)26-17(10)13-6-14(11-7-23-20(22)24-8-11)25-18-15(13)16(21)19(29-18)30(28)12-4-3-5-12/h6-9,12H,3-5,21H2,1-2H3,(H2,22,23,24). The maximum atomic E-state index is 13.1. The molecule has 4 heterocycles. The summed E-state index contributed by atoms with van der Waals surface area (Å²) in [4.78, 5) is 13.7. The summed E-state index contributed by atoms with van der Waals surface area (Å²) in [5.41, 5.74) is 16.9. The molecule has 4 N–H and O–H groups in total. The van der Waals surface area contributed by atoms with Crippen molar-refractivity contribution in [3.05, 3.63) is 30.2 Å². The van der Waals surface area contributed by atoms with E-state index in [-0.39, 0.29) is 11.2 Å². The third-order valence-corrected chi connectivity index (χ3v) is 8.74. The van der Waals surface area contributed by atoms with Crippen LogP contribution >= 0.6 is 11.3 Å². The van der Waals surface area contributed by atoms with Gasteiger partial charge < -0.3 is 16.0 Å². The van der Waals surface area contributed by atoms with Crippen molar-refractivity contribution in [2.75, 3.05) is 11.5 Å². The van der Waals surface area contributed by atoms with Gasteiger partial charge in [0.25, 0.3) is 0 Å². The van der Waals surface area contributed by atoms with Crippen LogP contribution in [0.2, 0.25) is 0 Å². The summed E-state index contributed by atoms with van der Waals surface area (Å²) in [6, 6.07) is 1.95. The van der Waals surface area contributed by atoms with Gasteiger partial charge in [0, 0.05) is 53.3 Å². The van der Waals surface area contributed by atoms with Crippen molar-refractivity contribution in [1.29, 1.82) is 0 Å². The van der Waals surface area contributed by atoms with Crippen molar-refractivity contribution in [2.24, 2.45) is 7.05 Å². The van der Waals surface area contributed by atoms with E-state index in [0.29, 0.717) is 15.6 Å². The van der Waals surface area contributed by atoms with E-state index in [1.54, 1.807) is 17.1 Å². The summed E-state index contributed by atoms with van der Waals surface area (Å²) >= 11 is 0.289. The Balaban J connectivity index is 1.76. The van der Waals surface area contributed by atoms with Gasteiger partial charge in [-0.15, -0.1) is 0 Å². The molecular weight excluding hydrogens is 418 g/mol. The largest absolute Gasteiger partial charge is 0.611 e. The molecule has 8 nitrogen and oxygen atoms in total. The Labute approximate surface area is 180 Å². The van der Waals surface area contributed by atoms with Crippen molar-refractivity contribution < 1.29 is 4.55 Å². The number of hydrogen-bond acceptors (Lipinski definition) is 8. The third-order valence-electron chi connectivity index (χ3n) is 5.44. The molecule has 1 fully saturated rings. The molecule has 0 aliphatic heterocycles. The van der Waals surface area contributed by atoms with E-state index in [1.165, 1.54) is 11.3 Å². The Kier molecular flexibility index (Phi) is 4.64. The predicted octanol–water partition coefficient (Wildman–Crippen LogP) is 3.29. The van der Waals surface area contributed by atoms with Gasteiger partial charge in [-0.2, -0.15) is 5.10 Å². The summed E-state index contributed by atoms with van der Waals surface area (Å²) < 4.78 is 15.6. The van der Waals surface area contributed by atoms with E-state index in [4.69, 9.17) is 16.5 Å². The highest BCUT2D eigenvalue weighted by Crippen LogP contribution is 2.45. The number of nitrogens with zero attached hydrogens (tertiary/aromatic N) is 5. The van der Waals surface area contributed by atoms with Crippen molar-refractivity contribution in [1.82, 2.24) is 24.7 Å². The van der Waals surface area contributed by atoms with Gasteiger partial charge in [0.1, 0.15) is 15.8 Å². The van der Waals surface area contributed by atoms with Crippen LogP contribution in [0.4, 0.5) is 11.6 Å². The fourth-order valence-corrected chi connectivity index (χ4v) is 6.87. The lowest BCUT2D eigenvalue weighted by Crippen LogP contribution is -2.28. The number of pyridine rings is 1. The van der Waals surface area contributed by atoms with Crippen LogP contribution < -0.4 is 11.5 Å². The Hall–Kier alpha value is -2.69. The summed E-state index contributed by atoms with van der Waals surface area (Å²) in [7, 11) is 1.89. The van der Waals surface area contributed by atoms with Crippen LogP contribution in [0.5, 0.6) is 0 Å². The lowest BCUT2D eigenvalue weighted by Gasteiger charge is -2.27. The maximum absolute atomic E-state index is 13.1. The highest BCUT2D eigenvalue weighted by atomic mass is 32.2. The number of aromatic nitrogens is 5. The highest BCUT2D eigenvalue weighted by Gasteiger charge is 2.35. The topological polar surface area (TPSA) is 132 Å². The number of fused-ring (bicyclic) bond motifs is 1. The minimum absolute atomic E-state index is 0.186. The Bertz CT molecular complexity index is 1240. The Morgan fingerprint density at radius 2 is 1.97 bits per heavy atom. The van der Waals surface area contributed by atoms with Crippen LogP contribution in [0.15, 0.2) is 28.9 Å². The molecule has 0 radical (unpaired) electrons. The first-order chi connectivity index (χ1) is 14.4. The van der Waals surface area contributed by atoms with Crippen molar-refractivity contribution in [2.45, 2.75) is 35.6 Å². The van der Waals surface area contributed by atoms with Gasteiger partial charge in [0.15, 0.2) is 0 Å². The number of aryl methyl sites for hydroxylation is 2. The van der Waals surface area contributed by atoms with Crippen molar-refractivity contribution in [3.8, 4) is 22.5 Å². The minimum Gasteiger partial charge on any atom is -0.611 e. The number of thiophene rings is 1. The monoisotopic (exact) mass is 439 g/mol. The second-order valence-electron chi connectivity index (χ2n) is 7.55. The second-order valence-corrected chi connectivity index (χ2v) is 10.5. The molecule has 1 aliphatic rings. The van der Waals surface area contributed by atoms with Crippen molar-refractivity contribution >= 4 is 44.4 Å². The predicted molar refractivity (Wildman–Crippen MR) is 120 cm³/mol. The van der Waals surface area contributed by atoms with Gasteiger partial charge in [0.05, 0.1) is 11.4 Å². The zero-order valence-corrected chi connectivity index (χ0v) is 18.3. The first kappa shape index (κ1) is 19.3. The molecule has 5 rings (SSSR count). The normalized spacial score (nSPS) is 15.4. The molecule has 1 unspecified atom stereocenters. The number of rotatable bonds is 4. The van der Waals surface area contributed by atoms with E-state index >= 15 is 0 Å². The molecule has 30 heavy (non-hydrogen) atoms. The second kappa shape index (κ2) is 7.22. The lowest BCUT2D eigenvalue weighted by molar-refractivity contribution is 0.478. The van der Waals surface area contributed by atoms with E-state index in [0.717, 1.165) is 51.9 Å². The van der Waals surface area contributed by atoms with Crippen LogP contribution in [-0.2, 0) is 18.2 Å². The minimum atomic E-state index is -1.12. The molecule has 1 aliphatic carbocycles. The summed E-state index contributed by atoms with van der Waals surface area (Å²) in [5, 5.41) is 5.64. The highest BCUT2D eigenvalue weighted by molar-refractivity contribution is 7.94. The molecule has 10 heteroatoms. The smallest absolute Gasteiger partial charge is 0.232 e. The van der Waals surface area contributed by atoms with Crippen molar-refractivity contribution in [3.63, 3.8) is 0 Å². The van der Waals surface area contributed by atoms with Gasteiger partial charge >= 0.3 is 0 Å². The van der Waals surface area contributed by atoms with E-state index in [9.17, 15) is 4.55 Å². The molecular formula is C20H21N7OS2. The quantitative estimate of drug-likeness (QED) is 0.466. The maximum Gasteiger partial charge on any atom is 0.232 e. The Morgan fingerprint density at radius 1 is 1.23 bits per heavy atom. The fraction of sp³-hybridized carbons (Fsp3) is 0.300. The van der Waals surface area contributed by atoms with Gasteiger partial charge in [-0.1, -0.05) is 11.3 Å².